The van der Waals surface area contributed by atoms with E-state index < -0.39 is 5.97 Å². The fourth-order valence-corrected chi connectivity index (χ4v) is 2.12. The molecule has 0 radical (unpaired) electrons. The second-order valence-electron chi connectivity index (χ2n) is 3.53. The average molecular weight is 284 g/mol. The van der Waals surface area contributed by atoms with E-state index in [1.807, 2.05) is 0 Å². The van der Waals surface area contributed by atoms with Gasteiger partial charge < -0.3 is 15.6 Å². The highest BCUT2D eigenvalue weighted by Crippen LogP contribution is 2.24. The van der Waals surface area contributed by atoms with Crippen molar-refractivity contribution < 1.29 is 14.6 Å². The maximum Gasteiger partial charge on any atom is 0.313 e. The third-order valence-electron chi connectivity index (χ3n) is 2.25. The fourth-order valence-electron chi connectivity index (χ4n) is 1.45. The number of nitrogen functional groups attached to an aromatic ring is 1. The Kier molecular flexibility index (Phi) is 3.60. The molecule has 2 heterocycles. The molecule has 2 aromatic heterocycles. The van der Waals surface area contributed by atoms with Gasteiger partial charge in [-0.3, -0.25) is 4.79 Å². The van der Waals surface area contributed by atoms with Crippen LogP contribution in [-0.2, 0) is 11.8 Å². The van der Waals surface area contributed by atoms with Crippen molar-refractivity contribution in [2.75, 3.05) is 18.6 Å². The number of ether oxygens (including phenoxy) is 1. The Morgan fingerprint density at radius 2 is 2.32 bits per heavy atom. The number of methoxy groups -OCH3 is 1. The van der Waals surface area contributed by atoms with E-state index in [0.29, 0.717) is 16.9 Å². The van der Waals surface area contributed by atoms with Crippen molar-refractivity contribution in [2.45, 2.75) is 5.16 Å². The molecule has 0 atom stereocenters. The molecule has 2 aromatic rings. The minimum atomic E-state index is -0.947. The van der Waals surface area contributed by atoms with Gasteiger partial charge in [0.15, 0.2) is 11.0 Å². The van der Waals surface area contributed by atoms with Crippen LogP contribution in [0.5, 0.6) is 5.88 Å². The molecule has 0 aliphatic heterocycles. The molecular formula is C9H12N6O3S. The average Bonchev–Trinajstić information content (AvgIpc) is 2.89. The van der Waals surface area contributed by atoms with Crippen LogP contribution in [0.2, 0.25) is 0 Å². The van der Waals surface area contributed by atoms with Gasteiger partial charge in [-0.25, -0.2) is 9.25 Å². The molecule has 0 bridgehead atoms. The highest BCUT2D eigenvalue weighted by Gasteiger charge is 2.17. The van der Waals surface area contributed by atoms with Crippen LogP contribution < -0.4 is 10.5 Å². The molecule has 0 saturated heterocycles. The first-order chi connectivity index (χ1) is 9.02. The Balaban J connectivity index is 2.37. The van der Waals surface area contributed by atoms with E-state index >= 15 is 0 Å². The lowest BCUT2D eigenvalue weighted by Gasteiger charge is -2.02. The first-order valence-corrected chi connectivity index (χ1v) is 6.15. The summed E-state index contributed by atoms with van der Waals surface area (Å²) in [5.74, 6) is 0.0552. The van der Waals surface area contributed by atoms with E-state index in [1.54, 1.807) is 13.1 Å². The standard InChI is InChI=1S/C9H12N6O3S/c1-14-6(18-2)3-5(13-14)15-8(10)11-12-9(15)19-4-7(16)17/h3H,4H2,1-2H3,(H2,10,11)(H,16,17). The SMILES string of the molecule is COc1cc(-n2c(N)nnc2SCC(=O)O)nn1C. The molecule has 0 aliphatic rings. The van der Waals surface area contributed by atoms with Crippen LogP contribution in [0.3, 0.4) is 0 Å². The number of aromatic nitrogens is 5. The third kappa shape index (κ3) is 2.62. The molecule has 9 nitrogen and oxygen atoms in total. The van der Waals surface area contributed by atoms with Crippen LogP contribution in [0.1, 0.15) is 0 Å². The second-order valence-corrected chi connectivity index (χ2v) is 4.47. The summed E-state index contributed by atoms with van der Waals surface area (Å²) in [6.45, 7) is 0. The van der Waals surface area contributed by atoms with Crippen LogP contribution in [-0.4, -0.2) is 48.5 Å². The first-order valence-electron chi connectivity index (χ1n) is 5.16. The van der Waals surface area contributed by atoms with Crippen molar-refractivity contribution in [3.05, 3.63) is 6.07 Å². The normalized spacial score (nSPS) is 10.6. The number of carboxylic acid groups (broad SMARTS) is 1. The second kappa shape index (κ2) is 5.18. The monoisotopic (exact) mass is 284 g/mol. The zero-order valence-electron chi connectivity index (χ0n) is 10.3. The van der Waals surface area contributed by atoms with Crippen LogP contribution in [0, 0.1) is 0 Å². The van der Waals surface area contributed by atoms with Crippen LogP contribution >= 0.6 is 11.8 Å². The van der Waals surface area contributed by atoms with E-state index in [4.69, 9.17) is 15.6 Å². The summed E-state index contributed by atoms with van der Waals surface area (Å²) in [5.41, 5.74) is 5.72. The number of nitrogens with zero attached hydrogens (tertiary/aromatic N) is 5. The maximum atomic E-state index is 10.6. The highest BCUT2D eigenvalue weighted by molar-refractivity contribution is 7.99. The Hall–Kier alpha value is -2.23. The van der Waals surface area contributed by atoms with E-state index in [1.165, 1.54) is 16.4 Å². The topological polar surface area (TPSA) is 121 Å². The third-order valence-corrected chi connectivity index (χ3v) is 3.16. The smallest absolute Gasteiger partial charge is 0.313 e. The van der Waals surface area contributed by atoms with Gasteiger partial charge in [-0.15, -0.1) is 10.2 Å². The zero-order valence-corrected chi connectivity index (χ0v) is 11.1. The lowest BCUT2D eigenvalue weighted by Crippen LogP contribution is -2.05. The van der Waals surface area contributed by atoms with Crippen molar-refractivity contribution in [3.63, 3.8) is 0 Å². The number of carboxylic acids is 1. The summed E-state index contributed by atoms with van der Waals surface area (Å²) < 4.78 is 8.10. The van der Waals surface area contributed by atoms with Crippen molar-refractivity contribution >= 4 is 23.7 Å². The number of carbonyl (C=O) groups is 1. The molecule has 0 aromatic carbocycles. The van der Waals surface area contributed by atoms with Gasteiger partial charge in [0.25, 0.3) is 0 Å². The molecule has 3 N–H and O–H groups in total. The number of aryl methyl sites for hydroxylation is 1. The zero-order chi connectivity index (χ0) is 14.0. The molecule has 102 valence electrons. The molecule has 0 saturated carbocycles. The van der Waals surface area contributed by atoms with Gasteiger partial charge >= 0.3 is 5.97 Å². The summed E-state index contributed by atoms with van der Waals surface area (Å²) in [4.78, 5) is 10.6. The van der Waals surface area contributed by atoms with Gasteiger partial charge in [0.2, 0.25) is 11.8 Å². The molecule has 0 fully saturated rings. The number of hydrogen-bond acceptors (Lipinski definition) is 7. The minimum Gasteiger partial charge on any atom is -0.481 e. The number of thioether (sulfide) groups is 1. The summed E-state index contributed by atoms with van der Waals surface area (Å²) in [7, 11) is 3.24. The van der Waals surface area contributed by atoms with Gasteiger partial charge in [-0.1, -0.05) is 11.8 Å². The van der Waals surface area contributed by atoms with Crippen LogP contribution in [0.25, 0.3) is 5.82 Å². The molecule has 0 unspecified atom stereocenters. The largest absolute Gasteiger partial charge is 0.481 e. The van der Waals surface area contributed by atoms with E-state index in [2.05, 4.69) is 15.3 Å². The quantitative estimate of drug-likeness (QED) is 0.722. The Labute approximate surface area is 112 Å². The summed E-state index contributed by atoms with van der Waals surface area (Å²) >= 11 is 1.01. The van der Waals surface area contributed by atoms with Crippen molar-refractivity contribution in [3.8, 4) is 11.7 Å². The van der Waals surface area contributed by atoms with Gasteiger partial charge in [-0.05, 0) is 0 Å². The minimum absolute atomic E-state index is 0.133. The number of hydrogen-bond donors (Lipinski definition) is 2. The van der Waals surface area contributed by atoms with E-state index in [0.717, 1.165) is 11.8 Å². The van der Waals surface area contributed by atoms with Crippen LogP contribution in [0.15, 0.2) is 11.2 Å². The fraction of sp³-hybridized carbons (Fsp3) is 0.333. The summed E-state index contributed by atoms with van der Waals surface area (Å²) in [6, 6.07) is 1.66. The molecule has 10 heteroatoms. The Morgan fingerprint density at radius 3 is 2.89 bits per heavy atom. The number of nitrogens with two attached hydrogens (primary N) is 1. The van der Waals surface area contributed by atoms with Gasteiger partial charge in [0.1, 0.15) is 0 Å². The highest BCUT2D eigenvalue weighted by atomic mass is 32.2. The molecular weight excluding hydrogens is 272 g/mol. The predicted octanol–water partition coefficient (Wildman–Crippen LogP) is -0.232. The van der Waals surface area contributed by atoms with E-state index in [9.17, 15) is 4.79 Å². The maximum absolute atomic E-state index is 10.6. The lowest BCUT2D eigenvalue weighted by molar-refractivity contribution is -0.133. The van der Waals surface area contributed by atoms with Gasteiger partial charge in [0.05, 0.1) is 12.9 Å². The van der Waals surface area contributed by atoms with Crippen LogP contribution in [0.4, 0.5) is 5.95 Å². The molecule has 0 aliphatic carbocycles. The van der Waals surface area contributed by atoms with Gasteiger partial charge in [-0.2, -0.15) is 5.10 Å². The molecule has 19 heavy (non-hydrogen) atoms. The Morgan fingerprint density at radius 1 is 1.58 bits per heavy atom. The number of rotatable bonds is 5. The lowest BCUT2D eigenvalue weighted by atomic mass is 10.6. The molecule has 2 rings (SSSR count). The number of anilines is 1. The van der Waals surface area contributed by atoms with Crippen molar-refractivity contribution in [1.82, 2.24) is 24.5 Å². The van der Waals surface area contributed by atoms with E-state index in [-0.39, 0.29) is 11.7 Å². The van der Waals surface area contributed by atoms with Gasteiger partial charge in [0, 0.05) is 13.1 Å². The van der Waals surface area contributed by atoms with Crippen molar-refractivity contribution in [1.29, 1.82) is 0 Å². The first kappa shape index (κ1) is 13.2. The Bertz CT molecular complexity index is 607. The summed E-state index contributed by atoms with van der Waals surface area (Å²) in [6.07, 6.45) is 0. The summed E-state index contributed by atoms with van der Waals surface area (Å²) in [5, 5.41) is 20.8. The molecule has 0 amide bonds. The predicted molar refractivity (Wildman–Crippen MR) is 67.4 cm³/mol. The molecule has 0 spiro atoms. The van der Waals surface area contributed by atoms with Crippen molar-refractivity contribution in [2.24, 2.45) is 7.05 Å². The number of aliphatic carboxylic acids is 1.